The first kappa shape index (κ1) is 27.5. The van der Waals surface area contributed by atoms with E-state index < -0.39 is 5.97 Å². The molecule has 0 amide bonds. The Balaban J connectivity index is 1.36. The highest BCUT2D eigenvalue weighted by Gasteiger charge is 2.53. The number of carbonyl (C=O) groups excluding carboxylic acids is 1. The zero-order chi connectivity index (χ0) is 27.9. The Morgan fingerprint density at radius 3 is 2.51 bits per heavy atom. The Hall–Kier alpha value is -3.06. The molecule has 1 aliphatic rings. The van der Waals surface area contributed by atoms with Crippen molar-refractivity contribution in [2.45, 2.75) is 51.0 Å². The number of hydrogen-bond donors (Lipinski definition) is 0. The maximum atomic E-state index is 12.0. The number of benzene rings is 2. The molecule has 0 saturated heterocycles. The van der Waals surface area contributed by atoms with Crippen molar-refractivity contribution in [1.82, 2.24) is 10.1 Å². The van der Waals surface area contributed by atoms with E-state index in [9.17, 15) is 4.79 Å². The van der Waals surface area contributed by atoms with Gasteiger partial charge in [0.05, 0.1) is 28.3 Å². The number of methoxy groups -OCH3 is 1. The highest BCUT2D eigenvalue weighted by molar-refractivity contribution is 6.39. The molecule has 202 valence electrons. The molecule has 0 aliphatic heterocycles. The lowest BCUT2D eigenvalue weighted by Gasteiger charge is -2.15. The molecule has 4 aromatic rings. The van der Waals surface area contributed by atoms with Crippen LogP contribution in [0.3, 0.4) is 0 Å². The lowest BCUT2D eigenvalue weighted by Crippen LogP contribution is -2.09. The zero-order valence-electron chi connectivity index (χ0n) is 21.9. The lowest BCUT2D eigenvalue weighted by atomic mass is 9.93. The van der Waals surface area contributed by atoms with Gasteiger partial charge in [0.1, 0.15) is 23.8 Å². The number of rotatable bonds is 8. The summed E-state index contributed by atoms with van der Waals surface area (Å²) in [6.45, 7) is 6.40. The summed E-state index contributed by atoms with van der Waals surface area (Å²) in [6.07, 6.45) is 4.20. The summed E-state index contributed by atoms with van der Waals surface area (Å²) in [5.41, 5.74) is 4.21. The molecule has 0 radical (unpaired) electrons. The van der Waals surface area contributed by atoms with Crippen molar-refractivity contribution in [3.63, 3.8) is 0 Å². The summed E-state index contributed by atoms with van der Waals surface area (Å²) in [6, 6.07) is 12.9. The fraction of sp³-hybridized carbons (Fsp3) is 0.300. The monoisotopic (exact) mass is 584 g/mol. The molecule has 2 unspecified atom stereocenters. The average molecular weight is 586 g/mol. The smallest absolute Gasteiger partial charge is 0.339 e. The summed E-state index contributed by atoms with van der Waals surface area (Å²) < 4.78 is 16.7. The average Bonchev–Trinajstić information content (AvgIpc) is 3.43. The fourth-order valence-electron chi connectivity index (χ4n) is 4.99. The van der Waals surface area contributed by atoms with Crippen LogP contribution in [-0.2, 0) is 16.8 Å². The van der Waals surface area contributed by atoms with Crippen LogP contribution < -0.4 is 4.74 Å². The van der Waals surface area contributed by atoms with E-state index in [4.69, 9.17) is 48.8 Å². The molecule has 1 aliphatic carbocycles. The minimum absolute atomic E-state index is 0.0804. The van der Waals surface area contributed by atoms with Gasteiger partial charge in [-0.3, -0.25) is 4.98 Å². The Bertz CT molecular complexity index is 1530. The first-order valence-corrected chi connectivity index (χ1v) is 13.7. The van der Waals surface area contributed by atoms with Gasteiger partial charge in [0.25, 0.3) is 0 Å². The summed E-state index contributed by atoms with van der Waals surface area (Å²) >= 11 is 19.7. The van der Waals surface area contributed by atoms with E-state index in [1.165, 1.54) is 13.3 Å². The predicted octanol–water partition coefficient (Wildman–Crippen LogP) is 8.63. The van der Waals surface area contributed by atoms with E-state index in [0.29, 0.717) is 43.4 Å². The molecule has 2 atom stereocenters. The van der Waals surface area contributed by atoms with Crippen LogP contribution in [0, 0.1) is 0 Å². The Kier molecular flexibility index (Phi) is 7.64. The van der Waals surface area contributed by atoms with Crippen molar-refractivity contribution in [1.29, 1.82) is 0 Å². The number of nitrogens with zero attached hydrogens (tertiary/aromatic N) is 2. The molecule has 5 rings (SSSR count). The van der Waals surface area contributed by atoms with Crippen LogP contribution in [-0.4, -0.2) is 23.2 Å². The first-order chi connectivity index (χ1) is 18.6. The van der Waals surface area contributed by atoms with Crippen LogP contribution >= 0.6 is 34.8 Å². The SMILES string of the molecule is COC(=O)c1cncc(C2(C)CC2c2ccc(OCc3c(-c4c(Cl)cccc4Cl)noc3C(C)C)cc2Cl)c1. The van der Waals surface area contributed by atoms with E-state index in [-0.39, 0.29) is 23.9 Å². The summed E-state index contributed by atoms with van der Waals surface area (Å²) in [7, 11) is 1.36. The zero-order valence-corrected chi connectivity index (χ0v) is 24.2. The number of hydrogen-bond acceptors (Lipinski definition) is 6. The van der Waals surface area contributed by atoms with E-state index in [1.807, 2.05) is 38.1 Å². The standard InChI is InChI=1S/C30H27Cl3N2O4/c1-16(2)28-21(27(35-39-28)26-23(31)6-5-7-24(26)32)15-38-19-8-9-20(25(33)11-19)22-12-30(22,3)18-10-17(13-34-14-18)29(36)37-4/h5-11,13-14,16,22H,12,15H2,1-4H3. The van der Waals surface area contributed by atoms with E-state index in [0.717, 1.165) is 23.1 Å². The van der Waals surface area contributed by atoms with E-state index >= 15 is 0 Å². The van der Waals surface area contributed by atoms with Gasteiger partial charge >= 0.3 is 5.97 Å². The van der Waals surface area contributed by atoms with E-state index in [1.54, 1.807) is 24.4 Å². The molecule has 6 nitrogen and oxygen atoms in total. The molecule has 1 fully saturated rings. The number of pyridine rings is 1. The predicted molar refractivity (Wildman–Crippen MR) is 152 cm³/mol. The van der Waals surface area contributed by atoms with Crippen LogP contribution in [0.1, 0.15) is 71.8 Å². The Labute approximate surface area is 242 Å². The number of halogens is 3. The maximum Gasteiger partial charge on any atom is 0.339 e. The highest BCUT2D eigenvalue weighted by atomic mass is 35.5. The van der Waals surface area contributed by atoms with Gasteiger partial charge in [-0.1, -0.05) is 72.9 Å². The van der Waals surface area contributed by atoms with Crippen LogP contribution in [0.4, 0.5) is 0 Å². The highest BCUT2D eigenvalue weighted by Crippen LogP contribution is 2.61. The van der Waals surface area contributed by atoms with Crippen molar-refractivity contribution >= 4 is 40.8 Å². The molecular formula is C30H27Cl3N2O4. The van der Waals surface area contributed by atoms with Crippen LogP contribution in [0.2, 0.25) is 15.1 Å². The third-order valence-corrected chi connectivity index (χ3v) is 8.29. The van der Waals surface area contributed by atoms with Crippen LogP contribution in [0.5, 0.6) is 5.75 Å². The molecule has 39 heavy (non-hydrogen) atoms. The van der Waals surface area contributed by atoms with Crippen LogP contribution in [0.25, 0.3) is 11.3 Å². The second kappa shape index (κ2) is 10.8. The van der Waals surface area contributed by atoms with Gasteiger partial charge in [0, 0.05) is 34.3 Å². The van der Waals surface area contributed by atoms with Crippen molar-refractivity contribution in [3.8, 4) is 17.0 Å². The largest absolute Gasteiger partial charge is 0.489 e. The number of carbonyl (C=O) groups is 1. The molecule has 1 saturated carbocycles. The van der Waals surface area contributed by atoms with Gasteiger partial charge in [-0.2, -0.15) is 0 Å². The Morgan fingerprint density at radius 2 is 1.85 bits per heavy atom. The molecule has 0 bridgehead atoms. The Morgan fingerprint density at radius 1 is 1.10 bits per heavy atom. The van der Waals surface area contributed by atoms with Crippen molar-refractivity contribution in [2.75, 3.05) is 7.11 Å². The molecule has 2 aromatic heterocycles. The molecular weight excluding hydrogens is 559 g/mol. The van der Waals surface area contributed by atoms with Crippen molar-refractivity contribution in [3.05, 3.63) is 97.9 Å². The van der Waals surface area contributed by atoms with Gasteiger partial charge in [-0.25, -0.2) is 4.79 Å². The second-order valence-electron chi connectivity index (χ2n) is 10.2. The second-order valence-corrected chi connectivity index (χ2v) is 11.4. The van der Waals surface area contributed by atoms with Crippen LogP contribution in [0.15, 0.2) is 59.4 Å². The minimum atomic E-state index is -0.405. The summed E-state index contributed by atoms with van der Waals surface area (Å²) in [4.78, 5) is 16.2. The molecule has 0 N–H and O–H groups in total. The normalized spacial score (nSPS) is 18.3. The fourth-order valence-corrected chi connectivity index (χ4v) is 5.87. The lowest BCUT2D eigenvalue weighted by molar-refractivity contribution is 0.0600. The topological polar surface area (TPSA) is 74.5 Å². The van der Waals surface area contributed by atoms with E-state index in [2.05, 4.69) is 17.1 Å². The summed E-state index contributed by atoms with van der Waals surface area (Å²) in [5, 5.41) is 5.87. The van der Waals surface area contributed by atoms with Gasteiger partial charge in [0.2, 0.25) is 0 Å². The first-order valence-electron chi connectivity index (χ1n) is 12.5. The minimum Gasteiger partial charge on any atom is -0.489 e. The van der Waals surface area contributed by atoms with Crippen molar-refractivity contribution in [2.24, 2.45) is 0 Å². The third kappa shape index (κ3) is 5.25. The van der Waals surface area contributed by atoms with Gasteiger partial charge in [0.15, 0.2) is 0 Å². The molecule has 9 heteroatoms. The maximum absolute atomic E-state index is 12.0. The molecule has 0 spiro atoms. The molecule has 2 aromatic carbocycles. The molecule has 2 heterocycles. The van der Waals surface area contributed by atoms with Gasteiger partial charge in [-0.05, 0) is 53.8 Å². The third-order valence-electron chi connectivity index (χ3n) is 7.33. The summed E-state index contributed by atoms with van der Waals surface area (Å²) in [5.74, 6) is 1.19. The quantitative estimate of drug-likeness (QED) is 0.193. The number of esters is 1. The number of ether oxygens (including phenoxy) is 2. The number of aromatic nitrogens is 2. The van der Waals surface area contributed by atoms with Crippen molar-refractivity contribution < 1.29 is 18.8 Å². The van der Waals surface area contributed by atoms with Gasteiger partial charge in [-0.15, -0.1) is 0 Å². The van der Waals surface area contributed by atoms with Gasteiger partial charge < -0.3 is 14.0 Å².